The third-order valence-corrected chi connectivity index (χ3v) is 2.39. The molecule has 9 heteroatoms. The van der Waals surface area contributed by atoms with E-state index in [-0.39, 0.29) is 6.54 Å². The standard InChI is InChI=1S/C9H15F3N2O4/c1-8(7(16)17,9(10,11)12)14-6(15)3-5(4-13)18-2/h5H,3-4,13H2,1-2H3,(H,14,15)(H,16,17). The van der Waals surface area contributed by atoms with Gasteiger partial charge in [-0.05, 0) is 6.92 Å². The van der Waals surface area contributed by atoms with E-state index < -0.39 is 36.1 Å². The third-order valence-electron chi connectivity index (χ3n) is 2.39. The Morgan fingerprint density at radius 2 is 1.94 bits per heavy atom. The zero-order valence-corrected chi connectivity index (χ0v) is 9.87. The van der Waals surface area contributed by atoms with Crippen LogP contribution < -0.4 is 11.1 Å². The van der Waals surface area contributed by atoms with Crippen LogP contribution in [-0.2, 0) is 14.3 Å². The molecule has 0 aromatic carbocycles. The highest BCUT2D eigenvalue weighted by Gasteiger charge is 2.58. The number of hydrogen-bond donors (Lipinski definition) is 3. The molecule has 0 heterocycles. The molecule has 2 atom stereocenters. The van der Waals surface area contributed by atoms with E-state index in [1.54, 1.807) is 0 Å². The van der Waals surface area contributed by atoms with Crippen molar-refractivity contribution in [2.45, 2.75) is 31.2 Å². The van der Waals surface area contributed by atoms with Crippen LogP contribution in [0.25, 0.3) is 0 Å². The Labute approximate surface area is 101 Å². The van der Waals surface area contributed by atoms with Gasteiger partial charge in [-0.25, -0.2) is 4.79 Å². The highest BCUT2D eigenvalue weighted by atomic mass is 19.4. The second-order valence-corrected chi connectivity index (χ2v) is 3.77. The van der Waals surface area contributed by atoms with Gasteiger partial charge in [-0.3, -0.25) is 4.79 Å². The molecule has 0 aromatic heterocycles. The lowest BCUT2D eigenvalue weighted by Gasteiger charge is -2.29. The molecular weight excluding hydrogens is 257 g/mol. The molecule has 0 aromatic rings. The lowest BCUT2D eigenvalue weighted by Crippen LogP contribution is -2.62. The van der Waals surface area contributed by atoms with E-state index in [1.165, 1.54) is 12.4 Å². The van der Waals surface area contributed by atoms with Crippen molar-refractivity contribution in [1.29, 1.82) is 0 Å². The lowest BCUT2D eigenvalue weighted by molar-refractivity contribution is -0.207. The summed E-state index contributed by atoms with van der Waals surface area (Å²) < 4.78 is 42.4. The van der Waals surface area contributed by atoms with Crippen molar-refractivity contribution < 1.29 is 32.6 Å². The first-order valence-electron chi connectivity index (χ1n) is 4.92. The zero-order valence-electron chi connectivity index (χ0n) is 9.87. The smallest absolute Gasteiger partial charge is 0.422 e. The number of nitrogens with one attached hydrogen (secondary N) is 1. The second-order valence-electron chi connectivity index (χ2n) is 3.77. The number of carbonyl (C=O) groups excluding carboxylic acids is 1. The minimum atomic E-state index is -5.11. The van der Waals surface area contributed by atoms with Crippen LogP contribution in [-0.4, -0.2) is 48.5 Å². The topological polar surface area (TPSA) is 102 Å². The summed E-state index contributed by atoms with van der Waals surface area (Å²) in [6, 6.07) is 0. The van der Waals surface area contributed by atoms with Crippen molar-refractivity contribution in [3.63, 3.8) is 0 Å². The summed E-state index contributed by atoms with van der Waals surface area (Å²) in [5.41, 5.74) is 1.86. The molecule has 106 valence electrons. The number of carbonyl (C=O) groups is 2. The summed E-state index contributed by atoms with van der Waals surface area (Å²) in [6.07, 6.45) is -6.33. The van der Waals surface area contributed by atoms with Gasteiger partial charge in [0.25, 0.3) is 0 Å². The summed E-state index contributed by atoms with van der Waals surface area (Å²) in [7, 11) is 1.24. The lowest BCUT2D eigenvalue weighted by atomic mass is 10.0. The Kier molecular flexibility index (Phi) is 5.55. The van der Waals surface area contributed by atoms with Crippen molar-refractivity contribution in [1.82, 2.24) is 5.32 Å². The van der Waals surface area contributed by atoms with E-state index in [9.17, 15) is 22.8 Å². The first-order chi connectivity index (χ1) is 8.08. The maximum absolute atomic E-state index is 12.6. The second kappa shape index (κ2) is 6.01. The fraction of sp³-hybridized carbons (Fsp3) is 0.778. The number of rotatable bonds is 6. The van der Waals surface area contributed by atoms with Crippen LogP contribution in [0.15, 0.2) is 0 Å². The summed E-state index contributed by atoms with van der Waals surface area (Å²) in [5, 5.41) is 10.0. The van der Waals surface area contributed by atoms with Crippen LogP contribution in [0.3, 0.4) is 0 Å². The number of carboxylic acid groups (broad SMARTS) is 1. The molecule has 0 radical (unpaired) electrons. The van der Waals surface area contributed by atoms with E-state index in [0.29, 0.717) is 6.92 Å². The van der Waals surface area contributed by atoms with Crippen molar-refractivity contribution in [3.05, 3.63) is 0 Å². The van der Waals surface area contributed by atoms with Crippen molar-refractivity contribution in [2.75, 3.05) is 13.7 Å². The average molecular weight is 272 g/mol. The SMILES string of the molecule is COC(CN)CC(=O)NC(C)(C(=O)O)C(F)(F)F. The number of aliphatic carboxylic acids is 1. The number of ether oxygens (including phenoxy) is 1. The minimum Gasteiger partial charge on any atom is -0.479 e. The number of alkyl halides is 3. The van der Waals surface area contributed by atoms with Crippen molar-refractivity contribution in [2.24, 2.45) is 5.73 Å². The van der Waals surface area contributed by atoms with Gasteiger partial charge < -0.3 is 20.9 Å². The summed E-state index contributed by atoms with van der Waals surface area (Å²) in [4.78, 5) is 22.0. The monoisotopic (exact) mass is 272 g/mol. The van der Waals surface area contributed by atoms with Gasteiger partial charge in [0, 0.05) is 13.7 Å². The molecule has 0 spiro atoms. The highest BCUT2D eigenvalue weighted by molar-refractivity contribution is 5.87. The van der Waals surface area contributed by atoms with Crippen molar-refractivity contribution >= 4 is 11.9 Å². The first kappa shape index (κ1) is 16.6. The number of nitrogens with two attached hydrogens (primary N) is 1. The van der Waals surface area contributed by atoms with Crippen LogP contribution >= 0.6 is 0 Å². The molecule has 1 amide bonds. The molecule has 0 saturated heterocycles. The predicted octanol–water partition coefficient (Wildman–Crippen LogP) is -0.128. The van der Waals surface area contributed by atoms with Crippen LogP contribution in [0, 0.1) is 0 Å². The Hall–Kier alpha value is -1.35. The Morgan fingerprint density at radius 3 is 2.22 bits per heavy atom. The predicted molar refractivity (Wildman–Crippen MR) is 54.7 cm³/mol. The van der Waals surface area contributed by atoms with E-state index in [2.05, 4.69) is 0 Å². The maximum Gasteiger partial charge on any atom is 0.422 e. The normalized spacial score (nSPS) is 16.8. The van der Waals surface area contributed by atoms with E-state index in [4.69, 9.17) is 15.6 Å². The quantitative estimate of drug-likeness (QED) is 0.625. The average Bonchev–Trinajstić information content (AvgIpc) is 2.23. The number of amides is 1. The van der Waals surface area contributed by atoms with Gasteiger partial charge >= 0.3 is 12.1 Å². The van der Waals surface area contributed by atoms with Crippen LogP contribution in [0.5, 0.6) is 0 Å². The molecule has 6 nitrogen and oxygen atoms in total. The first-order valence-corrected chi connectivity index (χ1v) is 4.92. The van der Waals surface area contributed by atoms with Gasteiger partial charge in [-0.1, -0.05) is 0 Å². The van der Waals surface area contributed by atoms with E-state index >= 15 is 0 Å². The summed E-state index contributed by atoms with van der Waals surface area (Å²) >= 11 is 0. The van der Waals surface area contributed by atoms with Gasteiger partial charge in [0.15, 0.2) is 0 Å². The summed E-state index contributed by atoms with van der Waals surface area (Å²) in [5.74, 6) is -3.29. The molecule has 0 fully saturated rings. The third kappa shape index (κ3) is 3.84. The van der Waals surface area contributed by atoms with Crippen LogP contribution in [0.2, 0.25) is 0 Å². The molecule has 18 heavy (non-hydrogen) atoms. The number of methoxy groups -OCH3 is 1. The Morgan fingerprint density at radius 1 is 1.44 bits per heavy atom. The van der Waals surface area contributed by atoms with Gasteiger partial charge in [0.05, 0.1) is 12.5 Å². The molecule has 0 saturated carbocycles. The van der Waals surface area contributed by atoms with Crippen molar-refractivity contribution in [3.8, 4) is 0 Å². The number of carboxylic acids is 1. The Balaban J connectivity index is 4.82. The van der Waals surface area contributed by atoms with Gasteiger partial charge in [-0.2, -0.15) is 13.2 Å². The zero-order chi connectivity index (χ0) is 14.6. The molecule has 2 unspecified atom stereocenters. The maximum atomic E-state index is 12.6. The fourth-order valence-corrected chi connectivity index (χ4v) is 1.05. The molecule has 0 aliphatic carbocycles. The fourth-order valence-electron chi connectivity index (χ4n) is 1.05. The molecular formula is C9H15F3N2O4. The van der Waals surface area contributed by atoms with Gasteiger partial charge in [0.2, 0.25) is 11.4 Å². The summed E-state index contributed by atoms with van der Waals surface area (Å²) in [6.45, 7) is 0.303. The van der Waals surface area contributed by atoms with Crippen LogP contribution in [0.4, 0.5) is 13.2 Å². The van der Waals surface area contributed by atoms with Gasteiger partial charge in [0.1, 0.15) is 0 Å². The van der Waals surface area contributed by atoms with E-state index in [0.717, 1.165) is 0 Å². The molecule has 0 aliphatic heterocycles. The molecule has 4 N–H and O–H groups in total. The van der Waals surface area contributed by atoms with Gasteiger partial charge in [-0.15, -0.1) is 0 Å². The molecule has 0 aliphatic rings. The highest BCUT2D eigenvalue weighted by Crippen LogP contribution is 2.30. The Bertz CT molecular complexity index is 317. The minimum absolute atomic E-state index is 0.0697. The largest absolute Gasteiger partial charge is 0.479 e. The molecule has 0 rings (SSSR count). The van der Waals surface area contributed by atoms with Crippen LogP contribution in [0.1, 0.15) is 13.3 Å². The number of halogens is 3. The van der Waals surface area contributed by atoms with E-state index in [1.807, 2.05) is 0 Å². The number of hydrogen-bond acceptors (Lipinski definition) is 4. The molecule has 0 bridgehead atoms.